The highest BCUT2D eigenvalue weighted by Crippen LogP contribution is 2.29. The number of carbonyl (C=O) groups excluding carboxylic acids is 3. The second-order valence-electron chi connectivity index (χ2n) is 10.9. The van der Waals surface area contributed by atoms with E-state index < -0.39 is 6.10 Å². The monoisotopic (exact) mass is 556 g/mol. The van der Waals surface area contributed by atoms with Gasteiger partial charge in [0, 0.05) is 36.8 Å². The quantitative estimate of drug-likeness (QED) is 0.441. The molecule has 4 amide bonds. The van der Waals surface area contributed by atoms with Gasteiger partial charge in [0.25, 0.3) is 0 Å². The fourth-order valence-electron chi connectivity index (χ4n) is 5.21. The first-order valence-corrected chi connectivity index (χ1v) is 14.0. The van der Waals surface area contributed by atoms with E-state index in [0.717, 1.165) is 25.7 Å². The van der Waals surface area contributed by atoms with E-state index in [2.05, 4.69) is 26.2 Å². The van der Waals surface area contributed by atoms with Crippen LogP contribution in [-0.4, -0.2) is 97.9 Å². The molecule has 3 N–H and O–H groups in total. The van der Waals surface area contributed by atoms with Crippen LogP contribution in [0.3, 0.4) is 0 Å². The number of ether oxygens (including phenoxy) is 1. The number of amides is 4. The van der Waals surface area contributed by atoms with Crippen molar-refractivity contribution in [3.63, 3.8) is 0 Å². The summed E-state index contributed by atoms with van der Waals surface area (Å²) in [6.45, 7) is 4.25. The van der Waals surface area contributed by atoms with E-state index in [1.165, 1.54) is 17.4 Å². The fraction of sp³-hybridized carbons (Fsp3) is 0.630. The van der Waals surface area contributed by atoms with Crippen molar-refractivity contribution >= 4 is 23.5 Å². The number of rotatable bonds is 8. The van der Waals surface area contributed by atoms with Crippen LogP contribution in [0.4, 0.5) is 10.5 Å². The molecule has 1 saturated carbocycles. The van der Waals surface area contributed by atoms with Crippen LogP contribution in [0.15, 0.2) is 24.5 Å². The molecule has 218 valence electrons. The molecule has 2 aromatic rings. The summed E-state index contributed by atoms with van der Waals surface area (Å²) >= 11 is 0. The topological polar surface area (TPSA) is 155 Å². The number of hydrogen-bond donors (Lipinski definition) is 3. The molecule has 0 bridgehead atoms. The van der Waals surface area contributed by atoms with Gasteiger partial charge in [0.15, 0.2) is 0 Å². The number of aromatic nitrogens is 4. The lowest BCUT2D eigenvalue weighted by Crippen LogP contribution is -2.50. The minimum Gasteiger partial charge on any atom is -0.488 e. The maximum absolute atomic E-state index is 13.4. The SMILES string of the molecule is C[C@@H]1CN([C@@H](C)CO)C(=O)Cc2cc(NC(=O)Cn3cnnn3)ccc2O[C@@H]1CN(C)C(=O)NC1CCCCC1. The van der Waals surface area contributed by atoms with E-state index >= 15 is 0 Å². The van der Waals surface area contributed by atoms with Crippen molar-refractivity contribution in [2.45, 2.75) is 77.1 Å². The van der Waals surface area contributed by atoms with Crippen LogP contribution >= 0.6 is 0 Å². The zero-order valence-corrected chi connectivity index (χ0v) is 23.5. The van der Waals surface area contributed by atoms with Crippen molar-refractivity contribution in [1.82, 2.24) is 35.3 Å². The number of anilines is 1. The molecule has 1 aromatic carbocycles. The summed E-state index contributed by atoms with van der Waals surface area (Å²) in [6.07, 6.45) is 6.42. The van der Waals surface area contributed by atoms with E-state index in [4.69, 9.17) is 4.74 Å². The summed E-state index contributed by atoms with van der Waals surface area (Å²) in [5.74, 6) is -0.0950. The normalized spacial score (nSPS) is 20.8. The Kier molecular flexibility index (Phi) is 9.91. The molecular weight excluding hydrogens is 516 g/mol. The summed E-state index contributed by atoms with van der Waals surface area (Å²) in [4.78, 5) is 42.2. The number of tetrazole rings is 1. The van der Waals surface area contributed by atoms with Crippen LogP contribution in [-0.2, 0) is 22.6 Å². The van der Waals surface area contributed by atoms with Gasteiger partial charge in [-0.25, -0.2) is 9.48 Å². The van der Waals surface area contributed by atoms with E-state index in [1.54, 1.807) is 42.0 Å². The number of benzene rings is 1. The minimum absolute atomic E-state index is 0.0355. The van der Waals surface area contributed by atoms with Crippen LogP contribution in [0.1, 0.15) is 51.5 Å². The number of fused-ring (bicyclic) bond motifs is 1. The van der Waals surface area contributed by atoms with E-state index in [0.29, 0.717) is 30.1 Å². The van der Waals surface area contributed by atoms with Gasteiger partial charge in [0.2, 0.25) is 11.8 Å². The molecule has 1 fully saturated rings. The summed E-state index contributed by atoms with van der Waals surface area (Å²) < 4.78 is 7.80. The average molecular weight is 557 g/mol. The number of aliphatic hydroxyl groups excluding tert-OH is 1. The second kappa shape index (κ2) is 13.6. The molecule has 3 atom stereocenters. The van der Waals surface area contributed by atoms with Gasteiger partial charge in [-0.2, -0.15) is 0 Å². The summed E-state index contributed by atoms with van der Waals surface area (Å²) in [6, 6.07) is 4.84. The van der Waals surface area contributed by atoms with E-state index in [9.17, 15) is 19.5 Å². The van der Waals surface area contributed by atoms with Crippen LogP contribution in [0.2, 0.25) is 0 Å². The fourth-order valence-corrected chi connectivity index (χ4v) is 5.21. The average Bonchev–Trinajstić information content (AvgIpc) is 3.45. The minimum atomic E-state index is -0.416. The maximum atomic E-state index is 13.4. The predicted molar refractivity (Wildman–Crippen MR) is 146 cm³/mol. The lowest BCUT2D eigenvalue weighted by atomic mass is 9.96. The molecule has 0 unspecified atom stereocenters. The number of carbonyl (C=O) groups is 3. The Labute approximate surface area is 234 Å². The van der Waals surface area contributed by atoms with Gasteiger partial charge in [0.05, 0.1) is 25.6 Å². The van der Waals surface area contributed by atoms with Crippen LogP contribution in [0.25, 0.3) is 0 Å². The molecular formula is C27H40N8O5. The molecule has 2 aliphatic rings. The summed E-state index contributed by atoms with van der Waals surface area (Å²) in [7, 11) is 1.75. The van der Waals surface area contributed by atoms with Crippen LogP contribution in [0.5, 0.6) is 5.75 Å². The van der Waals surface area contributed by atoms with Crippen molar-refractivity contribution in [3.05, 3.63) is 30.1 Å². The van der Waals surface area contributed by atoms with Crippen LogP contribution < -0.4 is 15.4 Å². The highest BCUT2D eigenvalue weighted by atomic mass is 16.5. The van der Waals surface area contributed by atoms with Crippen molar-refractivity contribution < 1.29 is 24.2 Å². The second-order valence-corrected chi connectivity index (χ2v) is 10.9. The Morgan fingerprint density at radius 2 is 2.02 bits per heavy atom. The highest BCUT2D eigenvalue weighted by Gasteiger charge is 2.32. The third-order valence-corrected chi connectivity index (χ3v) is 7.63. The Morgan fingerprint density at radius 3 is 2.73 bits per heavy atom. The molecule has 1 aromatic heterocycles. The first kappa shape index (κ1) is 29.2. The zero-order chi connectivity index (χ0) is 28.6. The number of hydrogen-bond acceptors (Lipinski definition) is 8. The standard InChI is InChI=1S/C27H40N8O5/c1-18-13-35(19(2)16-36)26(38)12-20-11-22(29-25(37)15-34-17-28-31-32-34)9-10-23(20)40-24(18)14-33(3)27(39)30-21-7-5-4-6-8-21/h9-11,17-19,21,24,36H,4-8,12-16H2,1-3H3,(H,29,37)(H,30,39)/t18-,19+,24-/m1/s1. The van der Waals surface area contributed by atoms with Gasteiger partial charge in [0.1, 0.15) is 24.7 Å². The van der Waals surface area contributed by atoms with Crippen molar-refractivity contribution in [2.75, 3.05) is 32.1 Å². The third kappa shape index (κ3) is 7.68. The van der Waals surface area contributed by atoms with Gasteiger partial charge in [-0.15, -0.1) is 5.10 Å². The molecule has 40 heavy (non-hydrogen) atoms. The predicted octanol–water partition coefficient (Wildman–Crippen LogP) is 1.43. The number of aliphatic hydroxyl groups is 1. The van der Waals surface area contributed by atoms with Crippen molar-refractivity contribution in [2.24, 2.45) is 5.92 Å². The Balaban J connectivity index is 1.53. The first-order chi connectivity index (χ1) is 19.2. The molecule has 1 aliphatic carbocycles. The molecule has 4 rings (SSSR count). The lowest BCUT2D eigenvalue weighted by molar-refractivity contribution is -0.134. The first-order valence-electron chi connectivity index (χ1n) is 14.0. The smallest absolute Gasteiger partial charge is 0.317 e. The van der Waals surface area contributed by atoms with Gasteiger partial charge < -0.3 is 30.3 Å². The molecule has 13 nitrogen and oxygen atoms in total. The van der Waals surface area contributed by atoms with E-state index in [1.807, 2.05) is 6.92 Å². The Morgan fingerprint density at radius 1 is 1.25 bits per heavy atom. The molecule has 2 heterocycles. The molecule has 13 heteroatoms. The number of urea groups is 1. The maximum Gasteiger partial charge on any atom is 0.317 e. The molecule has 0 spiro atoms. The molecule has 0 saturated heterocycles. The van der Waals surface area contributed by atoms with Crippen molar-refractivity contribution in [3.8, 4) is 5.75 Å². The van der Waals surface area contributed by atoms with Crippen LogP contribution in [0, 0.1) is 5.92 Å². The van der Waals surface area contributed by atoms with Gasteiger partial charge in [-0.1, -0.05) is 26.2 Å². The van der Waals surface area contributed by atoms with Gasteiger partial charge in [-0.05, 0) is 48.4 Å². The number of likely N-dealkylation sites (N-methyl/N-ethyl adjacent to an activating group) is 1. The number of nitrogens with zero attached hydrogens (tertiary/aromatic N) is 6. The summed E-state index contributed by atoms with van der Waals surface area (Å²) in [5, 5.41) is 26.6. The van der Waals surface area contributed by atoms with Crippen molar-refractivity contribution in [1.29, 1.82) is 0 Å². The molecule has 0 radical (unpaired) electrons. The largest absolute Gasteiger partial charge is 0.488 e. The molecule has 1 aliphatic heterocycles. The Bertz CT molecular complexity index is 1150. The summed E-state index contributed by atoms with van der Waals surface area (Å²) in [5.41, 5.74) is 1.11. The highest BCUT2D eigenvalue weighted by molar-refractivity contribution is 5.91. The van der Waals surface area contributed by atoms with E-state index in [-0.39, 0.29) is 55.4 Å². The third-order valence-electron chi connectivity index (χ3n) is 7.63. The zero-order valence-electron chi connectivity index (χ0n) is 23.5. The number of nitrogens with one attached hydrogen (secondary N) is 2. The lowest BCUT2D eigenvalue weighted by Gasteiger charge is -2.34. The van der Waals surface area contributed by atoms with Gasteiger partial charge >= 0.3 is 6.03 Å². The van der Waals surface area contributed by atoms with Gasteiger partial charge in [-0.3, -0.25) is 9.59 Å². The Hall–Kier alpha value is -3.74.